The van der Waals surface area contributed by atoms with E-state index in [0.717, 1.165) is 16.3 Å². The highest BCUT2D eigenvalue weighted by molar-refractivity contribution is 7.92. The molecule has 1 aliphatic heterocycles. The molecule has 3 aromatic carbocycles. The van der Waals surface area contributed by atoms with Crippen molar-refractivity contribution in [3.63, 3.8) is 0 Å². The summed E-state index contributed by atoms with van der Waals surface area (Å²) in [5, 5.41) is 1.90. The monoisotopic (exact) mass is 365 g/mol. The summed E-state index contributed by atoms with van der Waals surface area (Å²) in [6.45, 7) is 5.86. The van der Waals surface area contributed by atoms with E-state index in [4.69, 9.17) is 4.74 Å². The number of ether oxygens (including phenoxy) is 1. The van der Waals surface area contributed by atoms with Crippen molar-refractivity contribution >= 4 is 26.5 Å². The topological polar surface area (TPSA) is 46.6 Å². The molecule has 0 saturated heterocycles. The quantitative estimate of drug-likeness (QED) is 0.651. The molecule has 5 heteroatoms. The van der Waals surface area contributed by atoms with Crippen LogP contribution in [-0.4, -0.2) is 21.1 Å². The van der Waals surface area contributed by atoms with E-state index in [1.807, 2.05) is 49.4 Å². The lowest BCUT2D eigenvalue weighted by Crippen LogP contribution is -2.43. The molecule has 0 N–H and O–H groups in total. The lowest BCUT2D eigenvalue weighted by Gasteiger charge is -2.35. The minimum atomic E-state index is -3.73. The second kappa shape index (κ2) is 6.18. The first-order chi connectivity index (χ1) is 12.5. The molecule has 0 amide bonds. The Balaban J connectivity index is 1.88. The van der Waals surface area contributed by atoms with Crippen LogP contribution in [0, 0.1) is 6.92 Å². The van der Waals surface area contributed by atoms with E-state index in [-0.39, 0.29) is 17.5 Å². The molecule has 4 rings (SSSR count). The normalized spacial score (nSPS) is 16.8. The third kappa shape index (κ3) is 2.65. The Hall–Kier alpha value is -2.79. The minimum absolute atomic E-state index is 0.205. The summed E-state index contributed by atoms with van der Waals surface area (Å²) in [6, 6.07) is 18.5. The van der Waals surface area contributed by atoms with Gasteiger partial charge in [0.05, 0.1) is 17.1 Å². The fraction of sp³-hybridized carbons (Fsp3) is 0.143. The van der Waals surface area contributed by atoms with E-state index in [1.165, 1.54) is 4.31 Å². The number of anilines is 1. The average Bonchev–Trinajstić information content (AvgIpc) is 2.66. The smallest absolute Gasteiger partial charge is 0.264 e. The molecule has 1 aliphatic rings. The van der Waals surface area contributed by atoms with Crippen LogP contribution in [0.5, 0.6) is 5.75 Å². The standard InChI is InChI=1S/C21H19NO3S/c1-3-18-14-22(21-15(2)7-6-10-20(21)25-18)26(23,24)19-12-11-16-8-4-5-9-17(16)13-19/h3-13,18H,1,14H2,2H3/t18-/m0/s1. The lowest BCUT2D eigenvalue weighted by atomic mass is 10.1. The van der Waals surface area contributed by atoms with Gasteiger partial charge in [0, 0.05) is 0 Å². The maximum absolute atomic E-state index is 13.4. The molecule has 0 fully saturated rings. The molecule has 0 bridgehead atoms. The van der Waals surface area contributed by atoms with Crippen LogP contribution in [0.2, 0.25) is 0 Å². The molecule has 0 aromatic heterocycles. The number of rotatable bonds is 3. The second-order valence-electron chi connectivity index (χ2n) is 6.36. The van der Waals surface area contributed by atoms with Crippen molar-refractivity contribution < 1.29 is 13.2 Å². The van der Waals surface area contributed by atoms with Crippen LogP contribution in [0.25, 0.3) is 10.8 Å². The molecule has 0 saturated carbocycles. The molecule has 0 radical (unpaired) electrons. The number of sulfonamides is 1. The Morgan fingerprint density at radius 3 is 2.62 bits per heavy atom. The zero-order chi connectivity index (χ0) is 18.3. The summed E-state index contributed by atoms with van der Waals surface area (Å²) in [5.41, 5.74) is 1.45. The highest BCUT2D eigenvalue weighted by atomic mass is 32.2. The molecule has 1 heterocycles. The highest BCUT2D eigenvalue weighted by Gasteiger charge is 2.34. The van der Waals surface area contributed by atoms with Crippen molar-refractivity contribution in [1.82, 2.24) is 0 Å². The van der Waals surface area contributed by atoms with E-state index in [1.54, 1.807) is 24.3 Å². The predicted molar refractivity (Wildman–Crippen MR) is 104 cm³/mol. The highest BCUT2D eigenvalue weighted by Crippen LogP contribution is 2.39. The van der Waals surface area contributed by atoms with Crippen molar-refractivity contribution in [3.8, 4) is 5.75 Å². The zero-order valence-electron chi connectivity index (χ0n) is 14.4. The van der Waals surface area contributed by atoms with Gasteiger partial charge in [-0.25, -0.2) is 8.42 Å². The number of fused-ring (bicyclic) bond motifs is 2. The molecule has 4 nitrogen and oxygen atoms in total. The van der Waals surface area contributed by atoms with Gasteiger partial charge >= 0.3 is 0 Å². The minimum Gasteiger partial charge on any atom is -0.482 e. The van der Waals surface area contributed by atoms with Crippen molar-refractivity contribution in [3.05, 3.63) is 78.9 Å². The zero-order valence-corrected chi connectivity index (χ0v) is 15.2. The summed E-state index contributed by atoms with van der Waals surface area (Å²) < 4.78 is 34.2. The Morgan fingerprint density at radius 2 is 1.85 bits per heavy atom. The first-order valence-corrected chi connectivity index (χ1v) is 9.85. The van der Waals surface area contributed by atoms with Gasteiger partial charge < -0.3 is 4.74 Å². The summed E-state index contributed by atoms with van der Waals surface area (Å²) in [5.74, 6) is 0.561. The molecule has 26 heavy (non-hydrogen) atoms. The maximum Gasteiger partial charge on any atom is 0.264 e. The fourth-order valence-corrected chi connectivity index (χ4v) is 4.89. The summed E-state index contributed by atoms with van der Waals surface area (Å²) in [7, 11) is -3.73. The van der Waals surface area contributed by atoms with Gasteiger partial charge in [-0.15, -0.1) is 0 Å². The maximum atomic E-state index is 13.4. The Morgan fingerprint density at radius 1 is 1.08 bits per heavy atom. The van der Waals surface area contributed by atoms with Gasteiger partial charge in [0.2, 0.25) is 0 Å². The SMILES string of the molecule is C=C[C@H]1CN(S(=O)(=O)c2ccc3ccccc3c2)c2c(C)cccc2O1. The van der Waals surface area contributed by atoms with Gasteiger partial charge in [-0.3, -0.25) is 4.31 Å². The number of aryl methyl sites for hydroxylation is 1. The summed E-state index contributed by atoms with van der Waals surface area (Å²) in [4.78, 5) is 0.273. The second-order valence-corrected chi connectivity index (χ2v) is 8.22. The van der Waals surface area contributed by atoms with Crippen molar-refractivity contribution in [2.24, 2.45) is 0 Å². The largest absolute Gasteiger partial charge is 0.482 e. The summed E-state index contributed by atoms with van der Waals surface area (Å²) in [6.07, 6.45) is 1.24. The number of hydrogen-bond donors (Lipinski definition) is 0. The van der Waals surface area contributed by atoms with Crippen LogP contribution in [0.3, 0.4) is 0 Å². The first kappa shape index (κ1) is 16.7. The van der Waals surface area contributed by atoms with Crippen molar-refractivity contribution in [2.45, 2.75) is 17.9 Å². The Kier molecular flexibility index (Phi) is 3.96. The number of para-hydroxylation sites is 1. The molecular weight excluding hydrogens is 346 g/mol. The van der Waals surface area contributed by atoms with E-state index < -0.39 is 10.0 Å². The molecule has 1 atom stereocenters. The molecule has 132 valence electrons. The first-order valence-electron chi connectivity index (χ1n) is 8.41. The van der Waals surface area contributed by atoms with Gasteiger partial charge in [-0.05, 0) is 47.5 Å². The Bertz CT molecular complexity index is 1110. The Labute approximate surface area is 153 Å². The van der Waals surface area contributed by atoms with Gasteiger partial charge in [0.15, 0.2) is 0 Å². The van der Waals surface area contributed by atoms with Gasteiger partial charge in [0.25, 0.3) is 10.0 Å². The molecular formula is C21H19NO3S. The summed E-state index contributed by atoms with van der Waals surface area (Å²) >= 11 is 0. The number of benzene rings is 3. The van der Waals surface area contributed by atoms with Gasteiger partial charge in [-0.2, -0.15) is 0 Å². The van der Waals surface area contributed by atoms with E-state index in [2.05, 4.69) is 6.58 Å². The molecule has 0 aliphatic carbocycles. The average molecular weight is 365 g/mol. The van der Waals surface area contributed by atoms with E-state index in [9.17, 15) is 8.42 Å². The van der Waals surface area contributed by atoms with Crippen molar-refractivity contribution in [1.29, 1.82) is 0 Å². The van der Waals surface area contributed by atoms with Crippen LogP contribution in [-0.2, 0) is 10.0 Å². The predicted octanol–water partition coefficient (Wildman–Crippen LogP) is 4.29. The molecule has 3 aromatic rings. The fourth-order valence-electron chi connectivity index (χ4n) is 3.30. The third-order valence-corrected chi connectivity index (χ3v) is 6.41. The van der Waals surface area contributed by atoms with Gasteiger partial charge in [0.1, 0.15) is 11.9 Å². The van der Waals surface area contributed by atoms with Gasteiger partial charge in [-0.1, -0.05) is 49.0 Å². The van der Waals surface area contributed by atoms with E-state index in [0.29, 0.717) is 11.4 Å². The third-order valence-electron chi connectivity index (χ3n) is 4.65. The number of hydrogen-bond acceptors (Lipinski definition) is 3. The van der Waals surface area contributed by atoms with Crippen LogP contribution >= 0.6 is 0 Å². The van der Waals surface area contributed by atoms with Crippen LogP contribution in [0.15, 0.2) is 78.2 Å². The van der Waals surface area contributed by atoms with Crippen LogP contribution in [0.1, 0.15) is 5.56 Å². The van der Waals surface area contributed by atoms with Crippen molar-refractivity contribution in [2.75, 3.05) is 10.8 Å². The van der Waals surface area contributed by atoms with Crippen LogP contribution in [0.4, 0.5) is 5.69 Å². The molecule has 0 spiro atoms. The molecule has 0 unspecified atom stereocenters. The van der Waals surface area contributed by atoms with E-state index >= 15 is 0 Å². The van der Waals surface area contributed by atoms with Crippen LogP contribution < -0.4 is 9.04 Å². The number of nitrogens with zero attached hydrogens (tertiary/aromatic N) is 1. The lowest BCUT2D eigenvalue weighted by molar-refractivity contribution is 0.246.